The van der Waals surface area contributed by atoms with E-state index < -0.39 is 0 Å². The fourth-order valence-corrected chi connectivity index (χ4v) is 3.46. The lowest BCUT2D eigenvalue weighted by Crippen LogP contribution is -2.54. The number of nitrogens with zero attached hydrogens (tertiary/aromatic N) is 2. The molecular weight excluding hydrogens is 340 g/mol. The molecule has 27 heavy (non-hydrogen) atoms. The highest BCUT2D eigenvalue weighted by Crippen LogP contribution is 2.31. The number of nitrogens with one attached hydrogen (secondary N) is 2. The van der Waals surface area contributed by atoms with E-state index in [-0.39, 0.29) is 11.8 Å². The zero-order chi connectivity index (χ0) is 19.7. The topological polar surface area (TPSA) is 74.2 Å². The van der Waals surface area contributed by atoms with Gasteiger partial charge < -0.3 is 19.6 Å². The Hall–Kier alpha value is -2.08. The number of carbonyl (C=O) groups is 1. The number of oxazole rings is 1. The van der Waals surface area contributed by atoms with Gasteiger partial charge in [0.1, 0.15) is 17.7 Å². The first-order chi connectivity index (χ1) is 12.8. The van der Waals surface area contributed by atoms with Crippen molar-refractivity contribution in [1.29, 1.82) is 0 Å². The summed E-state index contributed by atoms with van der Waals surface area (Å²) in [5.74, 6) is 1.66. The fraction of sp³-hybridized carbons (Fsp3) is 0.619. The monoisotopic (exact) mass is 372 g/mol. The van der Waals surface area contributed by atoms with Crippen LogP contribution in [0.15, 0.2) is 16.7 Å². The average Bonchev–Trinajstić information content (AvgIpc) is 3.28. The molecule has 6 nitrogen and oxygen atoms in total. The molecule has 2 aromatic heterocycles. The lowest BCUT2D eigenvalue weighted by atomic mass is 10.0. The fourth-order valence-electron chi connectivity index (χ4n) is 3.46. The molecule has 6 heteroatoms. The molecule has 1 amide bonds. The van der Waals surface area contributed by atoms with E-state index in [1.165, 1.54) is 0 Å². The molecule has 1 atom stereocenters. The van der Waals surface area contributed by atoms with Crippen molar-refractivity contribution in [3.05, 3.63) is 29.3 Å². The summed E-state index contributed by atoms with van der Waals surface area (Å²) in [4.78, 5) is 23.0. The van der Waals surface area contributed by atoms with Crippen LogP contribution in [-0.2, 0) is 0 Å². The maximum absolute atomic E-state index is 13.1. The summed E-state index contributed by atoms with van der Waals surface area (Å²) in [7, 11) is 0. The molecule has 0 bridgehead atoms. The highest BCUT2D eigenvalue weighted by atomic mass is 16.3. The number of hydrogen-bond donors (Lipinski definition) is 2. The van der Waals surface area contributed by atoms with Gasteiger partial charge in [-0.1, -0.05) is 41.5 Å². The van der Waals surface area contributed by atoms with Gasteiger partial charge >= 0.3 is 0 Å². The number of carbonyl (C=O) groups excluding carboxylic acids is 1. The van der Waals surface area contributed by atoms with Crippen molar-refractivity contribution >= 4 is 5.91 Å². The van der Waals surface area contributed by atoms with E-state index in [1.54, 1.807) is 6.26 Å². The largest absolute Gasteiger partial charge is 0.443 e. The SMILES string of the molecule is CC(C)c1coc(-c2[nH]c(C(=O)N3CCN[C@@H](C(C)C)C3)cc2C(C)C)n1. The molecule has 0 aliphatic carbocycles. The highest BCUT2D eigenvalue weighted by molar-refractivity contribution is 5.94. The van der Waals surface area contributed by atoms with Crippen LogP contribution in [0.1, 0.15) is 75.1 Å². The van der Waals surface area contributed by atoms with Gasteiger partial charge in [0.05, 0.1) is 5.69 Å². The molecule has 0 saturated carbocycles. The molecule has 0 spiro atoms. The Kier molecular flexibility index (Phi) is 5.75. The summed E-state index contributed by atoms with van der Waals surface area (Å²) in [5, 5.41) is 3.50. The summed E-state index contributed by atoms with van der Waals surface area (Å²) in [6, 6.07) is 2.30. The highest BCUT2D eigenvalue weighted by Gasteiger charge is 2.28. The minimum absolute atomic E-state index is 0.0472. The standard InChI is InChI=1S/C21H32N4O2/c1-12(2)15-9-16(21(26)25-8-7-22-17(10-25)13(3)4)23-19(15)20-24-18(11-27-20)14(5)6/h9,11-14,17,22-23H,7-8,10H2,1-6H3/t17-/m1/s1. The van der Waals surface area contributed by atoms with Crippen molar-refractivity contribution in [2.24, 2.45) is 5.92 Å². The molecular formula is C21H32N4O2. The summed E-state index contributed by atoms with van der Waals surface area (Å²) >= 11 is 0. The van der Waals surface area contributed by atoms with Gasteiger partial charge in [-0.2, -0.15) is 0 Å². The van der Waals surface area contributed by atoms with Gasteiger partial charge in [-0.05, 0) is 29.4 Å². The molecule has 2 N–H and O–H groups in total. The van der Waals surface area contributed by atoms with Crippen molar-refractivity contribution in [1.82, 2.24) is 20.2 Å². The first kappa shape index (κ1) is 19.7. The smallest absolute Gasteiger partial charge is 0.270 e. The van der Waals surface area contributed by atoms with Crippen molar-refractivity contribution in [2.75, 3.05) is 19.6 Å². The molecule has 3 heterocycles. The lowest BCUT2D eigenvalue weighted by molar-refractivity contribution is 0.0678. The molecule has 1 saturated heterocycles. The van der Waals surface area contributed by atoms with E-state index >= 15 is 0 Å². The quantitative estimate of drug-likeness (QED) is 0.832. The molecule has 0 unspecified atom stereocenters. The van der Waals surface area contributed by atoms with E-state index in [4.69, 9.17) is 4.42 Å². The summed E-state index contributed by atoms with van der Waals surface area (Å²) < 4.78 is 5.71. The van der Waals surface area contributed by atoms with Crippen LogP contribution in [-0.4, -0.2) is 46.5 Å². The molecule has 1 fully saturated rings. The Balaban J connectivity index is 1.89. The van der Waals surface area contributed by atoms with E-state index in [2.05, 4.69) is 56.8 Å². The third-order valence-corrected chi connectivity index (χ3v) is 5.33. The number of piperazine rings is 1. The number of rotatable bonds is 5. The molecule has 2 aromatic rings. The summed E-state index contributed by atoms with van der Waals surface area (Å²) in [6.45, 7) is 15.1. The van der Waals surface area contributed by atoms with Crippen molar-refractivity contribution in [2.45, 2.75) is 59.4 Å². The Bertz CT molecular complexity index is 788. The Labute approximate surface area is 161 Å². The summed E-state index contributed by atoms with van der Waals surface area (Å²) in [5.41, 5.74) is 3.41. The minimum atomic E-state index is 0.0472. The number of aromatic nitrogens is 2. The van der Waals surface area contributed by atoms with Gasteiger partial charge in [0.15, 0.2) is 0 Å². The molecule has 0 aromatic carbocycles. The molecule has 0 radical (unpaired) electrons. The van der Waals surface area contributed by atoms with Crippen LogP contribution in [0.25, 0.3) is 11.6 Å². The van der Waals surface area contributed by atoms with Crippen LogP contribution in [0.3, 0.4) is 0 Å². The van der Waals surface area contributed by atoms with Crippen LogP contribution >= 0.6 is 0 Å². The lowest BCUT2D eigenvalue weighted by Gasteiger charge is -2.35. The van der Waals surface area contributed by atoms with Crippen LogP contribution in [0.4, 0.5) is 0 Å². The molecule has 1 aliphatic rings. The number of amides is 1. The van der Waals surface area contributed by atoms with Crippen LogP contribution in [0.2, 0.25) is 0 Å². The zero-order valence-electron chi connectivity index (χ0n) is 17.3. The van der Waals surface area contributed by atoms with E-state index in [9.17, 15) is 4.79 Å². The second-order valence-corrected chi connectivity index (χ2v) is 8.46. The van der Waals surface area contributed by atoms with E-state index in [0.717, 1.165) is 36.6 Å². The Morgan fingerprint density at radius 2 is 1.96 bits per heavy atom. The van der Waals surface area contributed by atoms with Gasteiger partial charge in [0.25, 0.3) is 5.91 Å². The van der Waals surface area contributed by atoms with Gasteiger partial charge in [-0.25, -0.2) is 4.98 Å². The van der Waals surface area contributed by atoms with Crippen molar-refractivity contribution in [3.8, 4) is 11.6 Å². The predicted molar refractivity (Wildman–Crippen MR) is 107 cm³/mol. The van der Waals surface area contributed by atoms with E-state index in [1.807, 2.05) is 11.0 Å². The number of hydrogen-bond acceptors (Lipinski definition) is 4. The van der Waals surface area contributed by atoms with Gasteiger partial charge in [0, 0.05) is 25.7 Å². The van der Waals surface area contributed by atoms with Gasteiger partial charge in [-0.15, -0.1) is 0 Å². The normalized spacial score (nSPS) is 18.1. The molecule has 3 rings (SSSR count). The Morgan fingerprint density at radius 3 is 2.56 bits per heavy atom. The molecule has 148 valence electrons. The third-order valence-electron chi connectivity index (χ3n) is 5.33. The zero-order valence-corrected chi connectivity index (χ0v) is 17.3. The van der Waals surface area contributed by atoms with Crippen LogP contribution < -0.4 is 5.32 Å². The third kappa shape index (κ3) is 4.10. The second kappa shape index (κ2) is 7.89. The average molecular weight is 373 g/mol. The van der Waals surface area contributed by atoms with Gasteiger partial charge in [0.2, 0.25) is 5.89 Å². The maximum Gasteiger partial charge on any atom is 0.270 e. The molecule has 1 aliphatic heterocycles. The minimum Gasteiger partial charge on any atom is -0.443 e. The number of H-pyrrole nitrogens is 1. The first-order valence-corrected chi connectivity index (χ1v) is 9.99. The van der Waals surface area contributed by atoms with Crippen LogP contribution in [0, 0.1) is 5.92 Å². The van der Waals surface area contributed by atoms with Crippen molar-refractivity contribution in [3.63, 3.8) is 0 Å². The number of aromatic amines is 1. The second-order valence-electron chi connectivity index (χ2n) is 8.46. The first-order valence-electron chi connectivity index (χ1n) is 9.99. The Morgan fingerprint density at radius 1 is 1.22 bits per heavy atom. The van der Waals surface area contributed by atoms with Crippen LogP contribution in [0.5, 0.6) is 0 Å². The van der Waals surface area contributed by atoms with E-state index in [0.29, 0.717) is 29.5 Å². The van der Waals surface area contributed by atoms with Crippen molar-refractivity contribution < 1.29 is 9.21 Å². The maximum atomic E-state index is 13.1. The van der Waals surface area contributed by atoms with Gasteiger partial charge in [-0.3, -0.25) is 4.79 Å². The predicted octanol–water partition coefficient (Wildman–Crippen LogP) is 3.99. The summed E-state index contributed by atoms with van der Waals surface area (Å²) in [6.07, 6.45) is 1.70.